The Bertz CT molecular complexity index is 2630. The van der Waals surface area contributed by atoms with Crippen molar-refractivity contribution in [3.63, 3.8) is 0 Å². The van der Waals surface area contributed by atoms with E-state index in [0.717, 1.165) is 17.1 Å². The minimum absolute atomic E-state index is 1.08. The highest BCUT2D eigenvalue weighted by Crippen LogP contribution is 2.45. The summed E-state index contributed by atoms with van der Waals surface area (Å²) in [6, 6.07) is 85.0. The summed E-state index contributed by atoms with van der Waals surface area (Å²) in [6.45, 7) is 0. The maximum atomic E-state index is 2.40. The number of rotatable bonds is 9. The fraction of sp³-hybridized carbons (Fsp3) is 0. The van der Waals surface area contributed by atoms with E-state index >= 15 is 0 Å². The fourth-order valence-electron chi connectivity index (χ4n) is 7.61. The van der Waals surface area contributed by atoms with E-state index in [4.69, 9.17) is 0 Å². The summed E-state index contributed by atoms with van der Waals surface area (Å²) in [5.74, 6) is 0. The topological polar surface area (TPSA) is 3.24 Å². The molecule has 0 spiro atoms. The summed E-state index contributed by atoms with van der Waals surface area (Å²) < 4.78 is 0. The zero-order valence-corrected chi connectivity index (χ0v) is 30.5. The van der Waals surface area contributed by atoms with Crippen molar-refractivity contribution in [3.05, 3.63) is 237 Å². The molecule has 0 unspecified atom stereocenters. The predicted molar refractivity (Wildman–Crippen MR) is 234 cm³/mol. The van der Waals surface area contributed by atoms with Crippen LogP contribution >= 0.6 is 0 Å². The highest BCUT2D eigenvalue weighted by atomic mass is 15.1. The first-order valence-electron chi connectivity index (χ1n) is 18.8. The van der Waals surface area contributed by atoms with Crippen LogP contribution in [0.4, 0.5) is 17.1 Å². The molecule has 0 radical (unpaired) electrons. The summed E-state index contributed by atoms with van der Waals surface area (Å²) in [5.41, 5.74) is 17.6. The molecule has 0 bridgehead atoms. The molecule has 55 heavy (non-hydrogen) atoms. The summed E-state index contributed by atoms with van der Waals surface area (Å²) in [7, 11) is 0. The zero-order chi connectivity index (χ0) is 36.8. The molecule has 0 aliphatic carbocycles. The van der Waals surface area contributed by atoms with Crippen LogP contribution in [0.1, 0.15) is 0 Å². The van der Waals surface area contributed by atoms with Gasteiger partial charge in [0.05, 0.1) is 5.69 Å². The zero-order valence-electron chi connectivity index (χ0n) is 30.5. The highest BCUT2D eigenvalue weighted by Gasteiger charge is 2.20. The van der Waals surface area contributed by atoms with Crippen LogP contribution < -0.4 is 4.90 Å². The molecule has 0 amide bonds. The lowest BCUT2D eigenvalue weighted by Gasteiger charge is -2.29. The third kappa shape index (κ3) is 7.00. The minimum Gasteiger partial charge on any atom is -0.310 e. The van der Waals surface area contributed by atoms with Crippen LogP contribution in [0.25, 0.3) is 66.8 Å². The Balaban J connectivity index is 1.20. The lowest BCUT2D eigenvalue weighted by molar-refractivity contribution is 1.28. The summed E-state index contributed by atoms with van der Waals surface area (Å²) >= 11 is 0. The Kier molecular flexibility index (Phi) is 9.41. The first-order chi connectivity index (χ1) is 27.3. The quantitative estimate of drug-likeness (QED) is 0.145. The van der Waals surface area contributed by atoms with Gasteiger partial charge in [-0.1, -0.05) is 200 Å². The number of benzene rings is 9. The van der Waals surface area contributed by atoms with Crippen LogP contribution in [0.15, 0.2) is 237 Å². The molecule has 9 rings (SSSR count). The van der Waals surface area contributed by atoms with Crippen LogP contribution in [-0.2, 0) is 0 Å². The Morgan fingerprint density at radius 3 is 1.05 bits per heavy atom. The van der Waals surface area contributed by atoms with Crippen LogP contribution in [0, 0.1) is 0 Å². The van der Waals surface area contributed by atoms with Gasteiger partial charge in [-0.2, -0.15) is 0 Å². The van der Waals surface area contributed by atoms with Gasteiger partial charge in [-0.05, 0) is 97.6 Å². The average molecular weight is 702 g/mol. The van der Waals surface area contributed by atoms with Gasteiger partial charge in [0.15, 0.2) is 0 Å². The predicted octanol–water partition coefficient (Wildman–Crippen LogP) is 15.2. The second-order valence-electron chi connectivity index (χ2n) is 13.7. The van der Waals surface area contributed by atoms with Gasteiger partial charge in [-0.25, -0.2) is 0 Å². The van der Waals surface area contributed by atoms with Gasteiger partial charge >= 0.3 is 0 Å². The summed E-state index contributed by atoms with van der Waals surface area (Å²) in [4.78, 5) is 2.40. The Labute approximate surface area is 324 Å². The minimum atomic E-state index is 1.08. The Morgan fingerprint density at radius 2 is 0.564 bits per heavy atom. The van der Waals surface area contributed by atoms with Crippen molar-refractivity contribution in [2.45, 2.75) is 0 Å². The highest BCUT2D eigenvalue weighted by molar-refractivity contribution is 5.96. The summed E-state index contributed by atoms with van der Waals surface area (Å²) in [5, 5.41) is 0. The van der Waals surface area contributed by atoms with Gasteiger partial charge in [0.25, 0.3) is 0 Å². The maximum Gasteiger partial charge on any atom is 0.0540 e. The Hall–Kier alpha value is -7.22. The second-order valence-corrected chi connectivity index (χ2v) is 13.7. The molecule has 0 heterocycles. The smallest absolute Gasteiger partial charge is 0.0540 e. The van der Waals surface area contributed by atoms with Gasteiger partial charge in [-0.15, -0.1) is 0 Å². The fourth-order valence-corrected chi connectivity index (χ4v) is 7.61. The van der Waals surface area contributed by atoms with E-state index < -0.39 is 0 Å². The van der Waals surface area contributed by atoms with E-state index in [1.165, 1.54) is 66.8 Å². The molecule has 0 fully saturated rings. The van der Waals surface area contributed by atoms with E-state index in [0.29, 0.717) is 0 Å². The molecule has 1 nitrogen and oxygen atoms in total. The molecule has 260 valence electrons. The molecule has 0 aliphatic heterocycles. The maximum absolute atomic E-state index is 2.40. The SMILES string of the molecule is c1ccc(-c2ccc(N(c3ccc(-c4cccc(-c5ccccc5)c4-c4ccccc4)cc3)c3ccc(-c4ccccc4)cc3-c3ccccc3)cc2)cc1. The van der Waals surface area contributed by atoms with Crippen LogP contribution in [0.2, 0.25) is 0 Å². The molecule has 0 saturated heterocycles. The first-order valence-corrected chi connectivity index (χ1v) is 18.8. The van der Waals surface area contributed by atoms with Crippen molar-refractivity contribution in [2.24, 2.45) is 0 Å². The van der Waals surface area contributed by atoms with Gasteiger partial charge < -0.3 is 4.90 Å². The lowest BCUT2D eigenvalue weighted by atomic mass is 9.87. The standard InChI is InChI=1S/C54H39N/c1-6-17-40(18-7-1)42-29-34-48(35-30-42)55(53-38-33-47(41-19-8-2-9-20-41)39-52(53)44-23-12-4-13-24-44)49-36-31-45(32-37-49)51-28-16-27-50(43-21-10-3-11-22-43)54(51)46-25-14-5-15-26-46/h1-39H. The van der Waals surface area contributed by atoms with E-state index in [1.54, 1.807) is 0 Å². The number of nitrogens with zero attached hydrogens (tertiary/aromatic N) is 1. The van der Waals surface area contributed by atoms with Gasteiger partial charge in [0, 0.05) is 16.9 Å². The van der Waals surface area contributed by atoms with Crippen molar-refractivity contribution in [1.82, 2.24) is 0 Å². The molecule has 0 atom stereocenters. The van der Waals surface area contributed by atoms with Crippen LogP contribution in [0.5, 0.6) is 0 Å². The molecule has 1 heteroatoms. The third-order valence-electron chi connectivity index (χ3n) is 10.3. The second kappa shape index (κ2) is 15.4. The van der Waals surface area contributed by atoms with Gasteiger partial charge in [0.1, 0.15) is 0 Å². The average Bonchev–Trinajstić information content (AvgIpc) is 3.28. The molecule has 0 saturated carbocycles. The third-order valence-corrected chi connectivity index (χ3v) is 10.3. The molecular formula is C54H39N. The van der Waals surface area contributed by atoms with Crippen molar-refractivity contribution in [2.75, 3.05) is 4.90 Å². The largest absolute Gasteiger partial charge is 0.310 e. The number of hydrogen-bond acceptors (Lipinski definition) is 1. The molecule has 0 aliphatic rings. The van der Waals surface area contributed by atoms with E-state index in [-0.39, 0.29) is 0 Å². The molecule has 0 N–H and O–H groups in total. The van der Waals surface area contributed by atoms with Crippen molar-refractivity contribution in [1.29, 1.82) is 0 Å². The monoisotopic (exact) mass is 701 g/mol. The van der Waals surface area contributed by atoms with E-state index in [9.17, 15) is 0 Å². The van der Waals surface area contributed by atoms with E-state index in [1.807, 2.05) is 0 Å². The lowest BCUT2D eigenvalue weighted by Crippen LogP contribution is -2.11. The molecular weight excluding hydrogens is 663 g/mol. The molecule has 9 aromatic rings. The number of hydrogen-bond donors (Lipinski definition) is 0. The molecule has 9 aromatic carbocycles. The van der Waals surface area contributed by atoms with Crippen LogP contribution in [0.3, 0.4) is 0 Å². The molecule has 0 aromatic heterocycles. The van der Waals surface area contributed by atoms with E-state index in [2.05, 4.69) is 241 Å². The van der Waals surface area contributed by atoms with Crippen molar-refractivity contribution in [3.8, 4) is 66.8 Å². The first kappa shape index (κ1) is 33.6. The van der Waals surface area contributed by atoms with Crippen molar-refractivity contribution >= 4 is 17.1 Å². The normalized spacial score (nSPS) is 10.9. The van der Waals surface area contributed by atoms with Gasteiger partial charge in [0.2, 0.25) is 0 Å². The van der Waals surface area contributed by atoms with Crippen molar-refractivity contribution < 1.29 is 0 Å². The van der Waals surface area contributed by atoms with Gasteiger partial charge in [-0.3, -0.25) is 0 Å². The number of anilines is 3. The summed E-state index contributed by atoms with van der Waals surface area (Å²) in [6.07, 6.45) is 0. The Morgan fingerprint density at radius 1 is 0.218 bits per heavy atom. The van der Waals surface area contributed by atoms with Crippen LogP contribution in [-0.4, -0.2) is 0 Å².